The summed E-state index contributed by atoms with van der Waals surface area (Å²) in [6.07, 6.45) is 2.51. The molecule has 0 aliphatic carbocycles. The van der Waals surface area contributed by atoms with Crippen LogP contribution in [0.2, 0.25) is 0 Å². The van der Waals surface area contributed by atoms with E-state index < -0.39 is 0 Å². The highest BCUT2D eigenvalue weighted by Crippen LogP contribution is 2.38. The van der Waals surface area contributed by atoms with E-state index >= 15 is 0 Å². The number of hydrogen-bond acceptors (Lipinski definition) is 3. The molecule has 1 aromatic heterocycles. The Morgan fingerprint density at radius 2 is 1.96 bits per heavy atom. The van der Waals surface area contributed by atoms with Crippen molar-refractivity contribution in [3.8, 4) is 17.0 Å². The fourth-order valence-corrected chi connectivity index (χ4v) is 3.69. The van der Waals surface area contributed by atoms with Crippen molar-refractivity contribution in [3.63, 3.8) is 0 Å². The van der Waals surface area contributed by atoms with Gasteiger partial charge in [0.2, 0.25) is 0 Å². The number of pyridine rings is 1. The van der Waals surface area contributed by atoms with Crippen LogP contribution in [0.5, 0.6) is 5.75 Å². The maximum absolute atomic E-state index is 12.6. The van der Waals surface area contributed by atoms with Gasteiger partial charge in [0.15, 0.2) is 0 Å². The van der Waals surface area contributed by atoms with Gasteiger partial charge >= 0.3 is 0 Å². The molecule has 1 atom stereocenters. The van der Waals surface area contributed by atoms with Gasteiger partial charge in [-0.15, -0.1) is 0 Å². The lowest BCUT2D eigenvalue weighted by Gasteiger charge is -2.15. The lowest BCUT2D eigenvalue weighted by Crippen LogP contribution is -2.34. The number of hydrogen-bond donors (Lipinski definition) is 1. The molecule has 0 saturated carbocycles. The summed E-state index contributed by atoms with van der Waals surface area (Å²) in [5.41, 5.74) is 7.01. The molecule has 0 bridgehead atoms. The lowest BCUT2D eigenvalue weighted by molar-refractivity contribution is 0.0933. The molecule has 1 amide bonds. The molecule has 0 spiro atoms. The molecule has 142 valence electrons. The minimum Gasteiger partial charge on any atom is -0.487 e. The molecule has 2 heterocycles. The molecular weight excluding hydrogens is 348 g/mol. The zero-order chi connectivity index (χ0) is 19.7. The first kappa shape index (κ1) is 18.2. The van der Waals surface area contributed by atoms with Gasteiger partial charge in [-0.25, -0.2) is 0 Å². The van der Waals surface area contributed by atoms with Crippen LogP contribution < -0.4 is 10.1 Å². The van der Waals surface area contributed by atoms with Crippen LogP contribution in [0.1, 0.15) is 32.6 Å². The van der Waals surface area contributed by atoms with Crippen molar-refractivity contribution in [3.05, 3.63) is 82.5 Å². The zero-order valence-electron chi connectivity index (χ0n) is 16.5. The van der Waals surface area contributed by atoms with Gasteiger partial charge in [0.25, 0.3) is 5.91 Å². The van der Waals surface area contributed by atoms with Gasteiger partial charge < -0.3 is 10.1 Å². The second kappa shape index (κ2) is 7.47. The maximum atomic E-state index is 12.6. The maximum Gasteiger partial charge on any atom is 0.251 e. The number of nitrogens with zero attached hydrogens (tertiary/aromatic N) is 1. The van der Waals surface area contributed by atoms with E-state index in [1.54, 1.807) is 6.20 Å². The fourth-order valence-electron chi connectivity index (χ4n) is 3.69. The predicted octanol–water partition coefficient (Wildman–Crippen LogP) is 4.41. The van der Waals surface area contributed by atoms with Gasteiger partial charge in [-0.3, -0.25) is 9.78 Å². The molecule has 0 fully saturated rings. The standard InChI is InChI=1S/C24H24N2O2/c1-15-9-10-16(2)21(12-15)24(27)26-14-19-13-18-7-4-8-20(23(18)28-19)22-17(3)6-5-11-25-22/h4-12,19H,13-14H2,1-3H3,(H,26,27). The first-order chi connectivity index (χ1) is 13.5. The number of para-hydroxylation sites is 1. The van der Waals surface area contributed by atoms with Crippen molar-refractivity contribution in [2.45, 2.75) is 33.3 Å². The van der Waals surface area contributed by atoms with Crippen LogP contribution in [0.4, 0.5) is 0 Å². The molecule has 28 heavy (non-hydrogen) atoms. The zero-order valence-corrected chi connectivity index (χ0v) is 16.5. The van der Waals surface area contributed by atoms with E-state index in [-0.39, 0.29) is 12.0 Å². The van der Waals surface area contributed by atoms with Crippen LogP contribution in [-0.2, 0) is 6.42 Å². The number of benzene rings is 2. The van der Waals surface area contributed by atoms with E-state index in [2.05, 4.69) is 29.4 Å². The highest BCUT2D eigenvalue weighted by molar-refractivity contribution is 5.95. The van der Waals surface area contributed by atoms with E-state index in [0.29, 0.717) is 6.54 Å². The van der Waals surface area contributed by atoms with E-state index in [4.69, 9.17) is 4.74 Å². The number of rotatable bonds is 4. The monoisotopic (exact) mass is 372 g/mol. The third-order valence-corrected chi connectivity index (χ3v) is 5.22. The van der Waals surface area contributed by atoms with Gasteiger partial charge in [0.1, 0.15) is 11.9 Å². The lowest BCUT2D eigenvalue weighted by atomic mass is 10.0. The molecule has 1 N–H and O–H groups in total. The second-order valence-corrected chi connectivity index (χ2v) is 7.44. The minimum absolute atomic E-state index is 0.0541. The fraction of sp³-hybridized carbons (Fsp3) is 0.250. The Hall–Kier alpha value is -3.14. The Balaban J connectivity index is 1.49. The van der Waals surface area contributed by atoms with E-state index in [1.165, 1.54) is 0 Å². The molecule has 1 aliphatic heterocycles. The number of aryl methyl sites for hydroxylation is 3. The van der Waals surface area contributed by atoms with Crippen LogP contribution in [0, 0.1) is 20.8 Å². The van der Waals surface area contributed by atoms with E-state index in [1.807, 2.05) is 50.2 Å². The smallest absolute Gasteiger partial charge is 0.251 e. The summed E-state index contributed by atoms with van der Waals surface area (Å²) in [5.74, 6) is 0.830. The summed E-state index contributed by atoms with van der Waals surface area (Å²) in [6.45, 7) is 6.48. The number of aromatic nitrogens is 1. The molecule has 4 heteroatoms. The Morgan fingerprint density at radius 3 is 2.79 bits per heavy atom. The summed E-state index contributed by atoms with van der Waals surface area (Å²) in [5, 5.41) is 3.03. The predicted molar refractivity (Wildman–Crippen MR) is 111 cm³/mol. The largest absolute Gasteiger partial charge is 0.487 e. The van der Waals surface area contributed by atoms with E-state index in [9.17, 15) is 4.79 Å². The topological polar surface area (TPSA) is 51.2 Å². The molecular formula is C24H24N2O2. The van der Waals surface area contributed by atoms with Gasteiger partial charge in [0, 0.05) is 23.7 Å². The van der Waals surface area contributed by atoms with Crippen molar-refractivity contribution in [1.82, 2.24) is 10.3 Å². The number of ether oxygens (including phenoxy) is 1. The third-order valence-electron chi connectivity index (χ3n) is 5.22. The van der Waals surface area contributed by atoms with Crippen molar-refractivity contribution in [1.29, 1.82) is 0 Å². The quantitative estimate of drug-likeness (QED) is 0.738. The van der Waals surface area contributed by atoms with Crippen molar-refractivity contribution < 1.29 is 9.53 Å². The number of amides is 1. The van der Waals surface area contributed by atoms with Gasteiger partial charge in [0.05, 0.1) is 12.2 Å². The molecule has 4 nitrogen and oxygen atoms in total. The Morgan fingerprint density at radius 1 is 1.11 bits per heavy atom. The van der Waals surface area contributed by atoms with Crippen molar-refractivity contribution in [2.24, 2.45) is 0 Å². The van der Waals surface area contributed by atoms with Crippen LogP contribution >= 0.6 is 0 Å². The summed E-state index contributed by atoms with van der Waals surface area (Å²) in [7, 11) is 0. The number of carbonyl (C=O) groups is 1. The highest BCUT2D eigenvalue weighted by Gasteiger charge is 2.27. The normalized spacial score (nSPS) is 15.0. The van der Waals surface area contributed by atoms with Crippen molar-refractivity contribution in [2.75, 3.05) is 6.54 Å². The molecule has 1 unspecified atom stereocenters. The highest BCUT2D eigenvalue weighted by atomic mass is 16.5. The number of nitrogens with one attached hydrogen (secondary N) is 1. The second-order valence-electron chi connectivity index (χ2n) is 7.44. The molecule has 3 aromatic rings. The number of carbonyl (C=O) groups excluding carboxylic acids is 1. The molecule has 1 aliphatic rings. The molecule has 4 rings (SSSR count). The first-order valence-electron chi connectivity index (χ1n) is 9.59. The molecule has 0 radical (unpaired) electrons. The average molecular weight is 372 g/mol. The third kappa shape index (κ3) is 3.50. The summed E-state index contributed by atoms with van der Waals surface area (Å²) < 4.78 is 6.23. The summed E-state index contributed by atoms with van der Waals surface area (Å²) >= 11 is 0. The van der Waals surface area contributed by atoms with Gasteiger partial charge in [-0.1, -0.05) is 35.9 Å². The minimum atomic E-state index is -0.0748. The van der Waals surface area contributed by atoms with Crippen LogP contribution in [0.15, 0.2) is 54.7 Å². The Labute approximate surface area is 165 Å². The first-order valence-corrected chi connectivity index (χ1v) is 9.59. The van der Waals surface area contributed by atoms with Crippen LogP contribution in [0.25, 0.3) is 11.3 Å². The van der Waals surface area contributed by atoms with Crippen LogP contribution in [-0.4, -0.2) is 23.5 Å². The summed E-state index contributed by atoms with van der Waals surface area (Å²) in [4.78, 5) is 17.1. The van der Waals surface area contributed by atoms with Gasteiger partial charge in [-0.05, 0) is 55.7 Å². The molecule has 0 saturated heterocycles. The number of fused-ring (bicyclic) bond motifs is 1. The van der Waals surface area contributed by atoms with Gasteiger partial charge in [-0.2, -0.15) is 0 Å². The van der Waals surface area contributed by atoms with Crippen molar-refractivity contribution >= 4 is 5.91 Å². The molecule has 2 aromatic carbocycles. The SMILES string of the molecule is Cc1ccc(C)c(C(=O)NCC2Cc3cccc(-c4ncccc4C)c3O2)c1. The average Bonchev–Trinajstić information content (AvgIpc) is 3.11. The van der Waals surface area contributed by atoms with Crippen LogP contribution in [0.3, 0.4) is 0 Å². The van der Waals surface area contributed by atoms with E-state index in [0.717, 1.165) is 51.2 Å². The Bertz CT molecular complexity index is 1040. The Kier molecular flexibility index (Phi) is 4.86. The summed E-state index contributed by atoms with van der Waals surface area (Å²) in [6, 6.07) is 16.1.